The van der Waals surface area contributed by atoms with Gasteiger partial charge in [-0.25, -0.2) is 8.78 Å². The van der Waals surface area contributed by atoms with Gasteiger partial charge in [-0.05, 0) is 24.3 Å². The van der Waals surface area contributed by atoms with Crippen molar-refractivity contribution in [1.82, 2.24) is 9.97 Å². The fraction of sp³-hybridized carbons (Fsp3) is 0.167. The number of nitrogens with zero attached hydrogens (tertiary/aromatic N) is 2. The highest BCUT2D eigenvalue weighted by molar-refractivity contribution is 5.07. The summed E-state index contributed by atoms with van der Waals surface area (Å²) in [5.74, 6) is -0.872. The lowest BCUT2D eigenvalue weighted by Crippen LogP contribution is -2.02. The second-order valence-corrected chi connectivity index (χ2v) is 3.36. The minimum atomic E-state index is -0.436. The summed E-state index contributed by atoms with van der Waals surface area (Å²) in [6, 6.07) is 5.59. The van der Waals surface area contributed by atoms with Gasteiger partial charge in [0.15, 0.2) is 0 Å². The summed E-state index contributed by atoms with van der Waals surface area (Å²) >= 11 is 0. The molecule has 5 heteroatoms. The van der Waals surface area contributed by atoms with E-state index >= 15 is 0 Å². The summed E-state index contributed by atoms with van der Waals surface area (Å²) in [6.07, 6.45) is 2.95. The van der Waals surface area contributed by atoms with Gasteiger partial charge >= 0.3 is 0 Å². The van der Waals surface area contributed by atoms with Crippen LogP contribution in [0.5, 0.6) is 0 Å². The van der Waals surface area contributed by atoms with E-state index in [1.54, 1.807) is 0 Å². The molecule has 0 aromatic carbocycles. The highest BCUT2D eigenvalue weighted by Gasteiger charge is 2.05. The van der Waals surface area contributed by atoms with Crippen LogP contribution in [0.3, 0.4) is 0 Å². The fourth-order valence-electron chi connectivity index (χ4n) is 1.29. The summed E-state index contributed by atoms with van der Waals surface area (Å²) in [4.78, 5) is 7.64. The molecule has 88 valence electrons. The molecule has 0 atom stereocenters. The lowest BCUT2D eigenvalue weighted by Gasteiger charge is -2.04. The molecule has 0 unspecified atom stereocenters. The van der Waals surface area contributed by atoms with E-state index in [4.69, 9.17) is 4.74 Å². The third-order valence-electron chi connectivity index (χ3n) is 2.15. The number of pyridine rings is 2. The smallest absolute Gasteiger partial charge is 0.147 e. The molecule has 0 bridgehead atoms. The SMILES string of the molecule is Fc1cccnc1COCc1ncccc1F. The Balaban J connectivity index is 1.93. The van der Waals surface area contributed by atoms with Crippen LogP contribution in [0.15, 0.2) is 36.7 Å². The molecular weight excluding hydrogens is 226 g/mol. The first-order valence-corrected chi connectivity index (χ1v) is 5.04. The Morgan fingerprint density at radius 2 is 1.35 bits per heavy atom. The van der Waals surface area contributed by atoms with Crippen molar-refractivity contribution in [3.05, 3.63) is 59.7 Å². The molecule has 0 aliphatic heterocycles. The monoisotopic (exact) mass is 236 g/mol. The molecule has 0 aliphatic rings. The second-order valence-electron chi connectivity index (χ2n) is 3.36. The van der Waals surface area contributed by atoms with E-state index in [9.17, 15) is 8.78 Å². The molecule has 0 saturated carbocycles. The summed E-state index contributed by atoms with van der Waals surface area (Å²) in [5, 5.41) is 0. The van der Waals surface area contributed by atoms with E-state index in [1.807, 2.05) is 0 Å². The summed E-state index contributed by atoms with van der Waals surface area (Å²) in [5.41, 5.74) is 0.396. The van der Waals surface area contributed by atoms with E-state index in [0.717, 1.165) is 0 Å². The highest BCUT2D eigenvalue weighted by Crippen LogP contribution is 2.08. The number of hydrogen-bond acceptors (Lipinski definition) is 3. The molecule has 0 spiro atoms. The molecule has 0 amide bonds. The first kappa shape index (κ1) is 11.6. The van der Waals surface area contributed by atoms with Crippen molar-refractivity contribution in [2.24, 2.45) is 0 Å². The lowest BCUT2D eigenvalue weighted by atomic mass is 10.3. The molecule has 3 nitrogen and oxygen atoms in total. The van der Waals surface area contributed by atoms with E-state index in [2.05, 4.69) is 9.97 Å². The molecule has 2 rings (SSSR count). The first-order valence-electron chi connectivity index (χ1n) is 5.04. The maximum absolute atomic E-state index is 13.2. The predicted molar refractivity (Wildman–Crippen MR) is 56.9 cm³/mol. The Bertz CT molecular complexity index is 460. The van der Waals surface area contributed by atoms with Crippen LogP contribution in [0.4, 0.5) is 8.78 Å². The van der Waals surface area contributed by atoms with Crippen LogP contribution < -0.4 is 0 Å². The molecule has 2 aromatic rings. The Kier molecular flexibility index (Phi) is 3.72. The van der Waals surface area contributed by atoms with Gasteiger partial charge in [0.2, 0.25) is 0 Å². The number of ether oxygens (including phenoxy) is 1. The minimum Gasteiger partial charge on any atom is -0.369 e. The van der Waals surface area contributed by atoms with Gasteiger partial charge in [0.1, 0.15) is 23.0 Å². The zero-order chi connectivity index (χ0) is 12.1. The molecule has 0 fully saturated rings. The van der Waals surface area contributed by atoms with Gasteiger partial charge in [-0.2, -0.15) is 0 Å². The first-order chi connectivity index (χ1) is 8.27. The molecular formula is C12H10F2N2O. The highest BCUT2D eigenvalue weighted by atomic mass is 19.1. The molecule has 0 radical (unpaired) electrons. The average Bonchev–Trinajstić information content (AvgIpc) is 2.34. The van der Waals surface area contributed by atoms with Gasteiger partial charge < -0.3 is 4.74 Å². The Morgan fingerprint density at radius 1 is 0.882 bits per heavy atom. The number of halogens is 2. The Morgan fingerprint density at radius 3 is 1.76 bits per heavy atom. The van der Waals surface area contributed by atoms with Gasteiger partial charge in [0.05, 0.1) is 13.2 Å². The van der Waals surface area contributed by atoms with E-state index in [1.165, 1.54) is 36.7 Å². The zero-order valence-electron chi connectivity index (χ0n) is 8.94. The maximum Gasteiger partial charge on any atom is 0.147 e. The standard InChI is InChI=1S/C12H10F2N2O/c13-9-3-1-5-15-11(9)7-17-8-12-10(14)4-2-6-16-12/h1-6H,7-8H2. The minimum absolute atomic E-state index is 0.0112. The molecule has 0 N–H and O–H groups in total. The summed E-state index contributed by atoms with van der Waals surface area (Å²) in [7, 11) is 0. The van der Waals surface area contributed by atoms with Crippen LogP contribution in [0, 0.1) is 11.6 Å². The van der Waals surface area contributed by atoms with Crippen LogP contribution in [-0.4, -0.2) is 9.97 Å². The summed E-state index contributed by atoms with van der Waals surface area (Å²) in [6.45, 7) is -0.0224. The third kappa shape index (κ3) is 3.04. The largest absolute Gasteiger partial charge is 0.369 e. The van der Waals surface area contributed by atoms with Gasteiger partial charge in [-0.1, -0.05) is 0 Å². The zero-order valence-corrected chi connectivity index (χ0v) is 8.94. The van der Waals surface area contributed by atoms with Gasteiger partial charge in [0, 0.05) is 12.4 Å². The topological polar surface area (TPSA) is 35.0 Å². The van der Waals surface area contributed by atoms with Crippen LogP contribution in [0.1, 0.15) is 11.4 Å². The molecule has 2 heterocycles. The van der Waals surface area contributed by atoms with Gasteiger partial charge in [-0.15, -0.1) is 0 Å². The van der Waals surface area contributed by atoms with Crippen molar-refractivity contribution in [2.45, 2.75) is 13.2 Å². The van der Waals surface area contributed by atoms with Crippen LogP contribution >= 0.6 is 0 Å². The van der Waals surface area contributed by atoms with E-state index < -0.39 is 11.6 Å². The van der Waals surface area contributed by atoms with Crippen molar-refractivity contribution in [2.75, 3.05) is 0 Å². The van der Waals surface area contributed by atoms with Crippen molar-refractivity contribution in [3.8, 4) is 0 Å². The van der Waals surface area contributed by atoms with Crippen molar-refractivity contribution < 1.29 is 13.5 Å². The lowest BCUT2D eigenvalue weighted by molar-refractivity contribution is 0.0970. The molecule has 0 saturated heterocycles. The molecule has 0 aliphatic carbocycles. The third-order valence-corrected chi connectivity index (χ3v) is 2.15. The quantitative estimate of drug-likeness (QED) is 0.818. The van der Waals surface area contributed by atoms with Gasteiger partial charge in [0.25, 0.3) is 0 Å². The average molecular weight is 236 g/mol. The number of hydrogen-bond donors (Lipinski definition) is 0. The fourth-order valence-corrected chi connectivity index (χ4v) is 1.29. The molecule has 17 heavy (non-hydrogen) atoms. The Labute approximate surface area is 97.1 Å². The number of aromatic nitrogens is 2. The number of rotatable bonds is 4. The van der Waals surface area contributed by atoms with E-state index in [0.29, 0.717) is 0 Å². The van der Waals surface area contributed by atoms with Crippen molar-refractivity contribution in [1.29, 1.82) is 0 Å². The molecule has 2 aromatic heterocycles. The van der Waals surface area contributed by atoms with Crippen LogP contribution in [0.25, 0.3) is 0 Å². The second kappa shape index (κ2) is 5.45. The summed E-state index contributed by atoms with van der Waals surface area (Å²) < 4.78 is 31.5. The van der Waals surface area contributed by atoms with E-state index in [-0.39, 0.29) is 24.6 Å². The van der Waals surface area contributed by atoms with Crippen molar-refractivity contribution in [3.63, 3.8) is 0 Å². The normalized spacial score (nSPS) is 10.5. The van der Waals surface area contributed by atoms with Gasteiger partial charge in [-0.3, -0.25) is 9.97 Å². The van der Waals surface area contributed by atoms with Crippen LogP contribution in [0.2, 0.25) is 0 Å². The van der Waals surface area contributed by atoms with Crippen molar-refractivity contribution >= 4 is 0 Å². The van der Waals surface area contributed by atoms with Crippen LogP contribution in [-0.2, 0) is 18.0 Å². The predicted octanol–water partition coefficient (Wildman–Crippen LogP) is 2.47. The Hall–Kier alpha value is -1.88. The maximum atomic E-state index is 13.2.